The Morgan fingerprint density at radius 3 is 2.95 bits per heavy atom. The molecule has 1 saturated heterocycles. The van der Waals surface area contributed by atoms with Gasteiger partial charge in [-0.15, -0.1) is 0 Å². The highest BCUT2D eigenvalue weighted by molar-refractivity contribution is 5.60. The topological polar surface area (TPSA) is 39.6 Å². The third-order valence-electron chi connectivity index (χ3n) is 4.65. The number of rotatable bonds is 0. The Morgan fingerprint density at radius 2 is 2.05 bits per heavy atom. The molecule has 0 radical (unpaired) electrons. The van der Waals surface area contributed by atoms with Gasteiger partial charge in [-0.25, -0.2) is 4.98 Å². The highest BCUT2D eigenvalue weighted by Gasteiger charge is 2.33. The molecule has 1 N–H and O–H groups in total. The van der Waals surface area contributed by atoms with Crippen molar-refractivity contribution in [3.63, 3.8) is 0 Å². The van der Waals surface area contributed by atoms with Gasteiger partial charge in [0.2, 0.25) is 0 Å². The minimum Gasteiger partial charge on any atom is -0.507 e. The first-order valence-electron chi connectivity index (χ1n) is 7.44. The molecule has 0 saturated carbocycles. The highest BCUT2D eigenvalue weighted by Crippen LogP contribution is 2.40. The third-order valence-corrected chi connectivity index (χ3v) is 4.65. The van der Waals surface area contributed by atoms with Crippen LogP contribution >= 0.6 is 0 Å². The van der Waals surface area contributed by atoms with Gasteiger partial charge in [0.25, 0.3) is 0 Å². The number of hydrogen-bond acceptors (Lipinski definition) is 4. The molecule has 0 amide bonds. The molecule has 4 heteroatoms. The molecule has 21 heavy (non-hydrogen) atoms. The lowest BCUT2D eigenvalue weighted by atomic mass is 9.96. The molecule has 0 aliphatic carbocycles. The van der Waals surface area contributed by atoms with Crippen molar-refractivity contribution in [2.24, 2.45) is 0 Å². The number of fused-ring (bicyclic) bond motifs is 5. The summed E-state index contributed by atoms with van der Waals surface area (Å²) in [5, 5.41) is 10.3. The van der Waals surface area contributed by atoms with Crippen molar-refractivity contribution in [2.45, 2.75) is 12.5 Å². The molecule has 2 aliphatic heterocycles. The van der Waals surface area contributed by atoms with Gasteiger partial charge in [-0.05, 0) is 24.2 Å². The van der Waals surface area contributed by atoms with E-state index in [9.17, 15) is 5.11 Å². The molecule has 108 valence electrons. The van der Waals surface area contributed by atoms with Gasteiger partial charge in [0, 0.05) is 37.8 Å². The van der Waals surface area contributed by atoms with E-state index in [-0.39, 0.29) is 0 Å². The van der Waals surface area contributed by atoms with Gasteiger partial charge in [0.1, 0.15) is 11.6 Å². The Hall–Kier alpha value is -2.07. The average Bonchev–Trinajstić information content (AvgIpc) is 2.63. The van der Waals surface area contributed by atoms with Crippen LogP contribution in [-0.4, -0.2) is 41.7 Å². The number of piperazine rings is 1. The number of anilines is 1. The van der Waals surface area contributed by atoms with Crippen LogP contribution in [0.4, 0.5) is 5.82 Å². The standard InChI is InChI=1S/C17H19N3O/c1-19-8-9-20-15(11-19)13-5-3-2-4-12(13)10-14-16(21)6-7-18-17(14)20/h2-7,15H,8-11H2,1H3,(H,18,21). The number of aromatic hydroxyl groups is 1. The molecule has 2 aromatic rings. The second-order valence-corrected chi connectivity index (χ2v) is 5.98. The normalized spacial score (nSPS) is 21.2. The van der Waals surface area contributed by atoms with Crippen LogP contribution in [0, 0.1) is 0 Å². The lowest BCUT2D eigenvalue weighted by Crippen LogP contribution is -2.47. The van der Waals surface area contributed by atoms with E-state index in [4.69, 9.17) is 0 Å². The Labute approximate surface area is 124 Å². The summed E-state index contributed by atoms with van der Waals surface area (Å²) in [6.07, 6.45) is 2.46. The van der Waals surface area contributed by atoms with Crippen LogP contribution in [0.1, 0.15) is 22.7 Å². The summed E-state index contributed by atoms with van der Waals surface area (Å²) in [5.41, 5.74) is 3.61. The fourth-order valence-electron chi connectivity index (χ4n) is 3.54. The summed E-state index contributed by atoms with van der Waals surface area (Å²) in [4.78, 5) is 9.31. The molecule has 1 aromatic carbocycles. The maximum Gasteiger partial charge on any atom is 0.136 e. The van der Waals surface area contributed by atoms with E-state index in [0.717, 1.165) is 37.4 Å². The van der Waals surface area contributed by atoms with Gasteiger partial charge in [0.05, 0.1) is 6.04 Å². The molecule has 1 fully saturated rings. The number of aromatic nitrogens is 1. The van der Waals surface area contributed by atoms with Crippen LogP contribution in [0.3, 0.4) is 0 Å². The fourth-order valence-corrected chi connectivity index (χ4v) is 3.54. The monoisotopic (exact) mass is 281 g/mol. The van der Waals surface area contributed by atoms with Crippen LogP contribution in [0.15, 0.2) is 36.5 Å². The molecule has 2 aliphatic rings. The first kappa shape index (κ1) is 12.7. The zero-order valence-electron chi connectivity index (χ0n) is 12.2. The van der Waals surface area contributed by atoms with Crippen LogP contribution in [0.2, 0.25) is 0 Å². The van der Waals surface area contributed by atoms with Crippen molar-refractivity contribution in [1.82, 2.24) is 9.88 Å². The second-order valence-electron chi connectivity index (χ2n) is 5.98. The Kier molecular flexibility index (Phi) is 2.86. The van der Waals surface area contributed by atoms with Crippen molar-refractivity contribution >= 4 is 5.82 Å². The minimum atomic E-state index is 0.315. The quantitative estimate of drug-likeness (QED) is 0.803. The SMILES string of the molecule is CN1CCN2c3nccc(O)c3Cc3ccccc3C2C1. The second kappa shape index (κ2) is 4.74. The lowest BCUT2D eigenvalue weighted by Gasteiger charge is -2.41. The van der Waals surface area contributed by atoms with E-state index in [1.54, 1.807) is 12.3 Å². The molecule has 4 rings (SSSR count). The van der Waals surface area contributed by atoms with E-state index in [1.807, 2.05) is 0 Å². The zero-order chi connectivity index (χ0) is 14.4. The van der Waals surface area contributed by atoms with Crippen LogP contribution in [0.5, 0.6) is 5.75 Å². The molecule has 1 aromatic heterocycles. The summed E-state index contributed by atoms with van der Waals surface area (Å²) < 4.78 is 0. The van der Waals surface area contributed by atoms with E-state index >= 15 is 0 Å². The Balaban J connectivity index is 1.93. The molecule has 4 nitrogen and oxygen atoms in total. The summed E-state index contributed by atoms with van der Waals surface area (Å²) in [6.45, 7) is 2.96. The minimum absolute atomic E-state index is 0.315. The Bertz CT molecular complexity index is 685. The van der Waals surface area contributed by atoms with Crippen molar-refractivity contribution in [2.75, 3.05) is 31.6 Å². The maximum absolute atomic E-state index is 10.3. The fraction of sp³-hybridized carbons (Fsp3) is 0.353. The number of benzene rings is 1. The van der Waals surface area contributed by atoms with Crippen LogP contribution in [-0.2, 0) is 6.42 Å². The van der Waals surface area contributed by atoms with E-state index in [0.29, 0.717) is 11.8 Å². The first-order valence-corrected chi connectivity index (χ1v) is 7.44. The molecular weight excluding hydrogens is 262 g/mol. The largest absolute Gasteiger partial charge is 0.507 e. The van der Waals surface area contributed by atoms with Crippen LogP contribution < -0.4 is 4.90 Å². The van der Waals surface area contributed by atoms with E-state index in [2.05, 4.69) is 46.1 Å². The van der Waals surface area contributed by atoms with Crippen molar-refractivity contribution in [3.05, 3.63) is 53.2 Å². The van der Waals surface area contributed by atoms with Crippen molar-refractivity contribution in [3.8, 4) is 5.75 Å². The van der Waals surface area contributed by atoms with Gasteiger partial charge in [-0.3, -0.25) is 0 Å². The zero-order valence-corrected chi connectivity index (χ0v) is 12.2. The van der Waals surface area contributed by atoms with Crippen molar-refractivity contribution < 1.29 is 5.11 Å². The van der Waals surface area contributed by atoms with Gasteiger partial charge < -0.3 is 14.9 Å². The third kappa shape index (κ3) is 1.98. The van der Waals surface area contributed by atoms with E-state index in [1.165, 1.54) is 11.1 Å². The summed E-state index contributed by atoms with van der Waals surface area (Å²) in [6, 6.07) is 10.6. The number of nitrogens with zero attached hydrogens (tertiary/aromatic N) is 3. The molecule has 0 spiro atoms. The van der Waals surface area contributed by atoms with Gasteiger partial charge in [-0.1, -0.05) is 24.3 Å². The van der Waals surface area contributed by atoms with Gasteiger partial charge in [0.15, 0.2) is 0 Å². The Morgan fingerprint density at radius 1 is 1.19 bits per heavy atom. The average molecular weight is 281 g/mol. The summed E-state index contributed by atoms with van der Waals surface area (Å²) >= 11 is 0. The molecular formula is C17H19N3O. The first-order chi connectivity index (χ1) is 10.2. The summed E-state index contributed by atoms with van der Waals surface area (Å²) in [7, 11) is 2.17. The highest BCUT2D eigenvalue weighted by atomic mass is 16.3. The molecule has 1 atom stereocenters. The number of pyridine rings is 1. The van der Waals surface area contributed by atoms with Gasteiger partial charge in [-0.2, -0.15) is 0 Å². The van der Waals surface area contributed by atoms with Gasteiger partial charge >= 0.3 is 0 Å². The van der Waals surface area contributed by atoms with Crippen LogP contribution in [0.25, 0.3) is 0 Å². The maximum atomic E-state index is 10.3. The molecule has 1 unspecified atom stereocenters. The predicted molar refractivity (Wildman–Crippen MR) is 82.7 cm³/mol. The molecule has 0 bridgehead atoms. The smallest absolute Gasteiger partial charge is 0.136 e. The number of hydrogen-bond donors (Lipinski definition) is 1. The van der Waals surface area contributed by atoms with E-state index < -0.39 is 0 Å². The number of likely N-dealkylation sites (N-methyl/N-ethyl adjacent to an activating group) is 1. The lowest BCUT2D eigenvalue weighted by molar-refractivity contribution is 0.268. The van der Waals surface area contributed by atoms with Crippen molar-refractivity contribution in [1.29, 1.82) is 0 Å². The predicted octanol–water partition coefficient (Wildman–Crippen LogP) is 2.18. The summed E-state index contributed by atoms with van der Waals surface area (Å²) in [5.74, 6) is 1.30. The molecule has 3 heterocycles.